The molecule has 4 aromatic carbocycles. The van der Waals surface area contributed by atoms with Crippen LogP contribution in [0.5, 0.6) is 0 Å². The van der Waals surface area contributed by atoms with Crippen LogP contribution >= 0.6 is 0 Å². The number of furan rings is 1. The molecule has 0 N–H and O–H groups in total. The van der Waals surface area contributed by atoms with Crippen molar-refractivity contribution in [2.75, 3.05) is 4.90 Å². The second-order valence-corrected chi connectivity index (χ2v) is 21.1. The molecule has 2 saturated carbocycles. The normalized spacial score (nSPS) is 25.9. The average molecular weight is 867 g/mol. The Labute approximate surface area is 390 Å². The molecule has 0 radical (unpaired) electrons. The zero-order valence-electron chi connectivity index (χ0n) is 38.4. The predicted molar refractivity (Wildman–Crippen MR) is 270 cm³/mol. The lowest BCUT2D eigenvalue weighted by Crippen LogP contribution is -2.51. The van der Waals surface area contributed by atoms with Crippen molar-refractivity contribution in [1.82, 2.24) is 4.90 Å². The third-order valence-electron chi connectivity index (χ3n) is 17.7. The summed E-state index contributed by atoms with van der Waals surface area (Å²) in [5.41, 5.74) is 16.4. The van der Waals surface area contributed by atoms with Gasteiger partial charge in [0.25, 0.3) is 0 Å². The van der Waals surface area contributed by atoms with Crippen LogP contribution in [0, 0.1) is 23.7 Å². The molecular weight excluding hydrogens is 805 g/mol. The molecule has 5 aromatic rings. The van der Waals surface area contributed by atoms with Crippen LogP contribution in [-0.2, 0) is 4.74 Å². The second kappa shape index (κ2) is 16.0. The van der Waals surface area contributed by atoms with Crippen molar-refractivity contribution in [3.05, 3.63) is 171 Å². The van der Waals surface area contributed by atoms with Crippen molar-refractivity contribution in [3.63, 3.8) is 0 Å². The number of anilines is 2. The molecule has 0 amide bonds. The van der Waals surface area contributed by atoms with Gasteiger partial charge < -0.3 is 19.0 Å². The van der Waals surface area contributed by atoms with Crippen LogP contribution in [-0.4, -0.2) is 10.9 Å². The van der Waals surface area contributed by atoms with E-state index >= 15 is 0 Å². The van der Waals surface area contributed by atoms with Crippen molar-refractivity contribution >= 4 is 50.2 Å². The number of rotatable bonds is 8. The maximum Gasteiger partial charge on any atom is 0.159 e. The van der Waals surface area contributed by atoms with E-state index in [4.69, 9.17) is 9.15 Å². The molecule has 66 heavy (non-hydrogen) atoms. The first-order valence-electron chi connectivity index (χ1n) is 26.1. The van der Waals surface area contributed by atoms with E-state index < -0.39 is 0 Å². The van der Waals surface area contributed by atoms with Gasteiger partial charge in [0.15, 0.2) is 5.58 Å². The van der Waals surface area contributed by atoms with Crippen molar-refractivity contribution < 1.29 is 9.15 Å². The van der Waals surface area contributed by atoms with Crippen LogP contribution in [0.3, 0.4) is 0 Å². The first kappa shape index (κ1) is 39.4. The highest BCUT2D eigenvalue weighted by Gasteiger charge is 2.45. The van der Waals surface area contributed by atoms with Gasteiger partial charge in [0, 0.05) is 39.7 Å². The Hall–Kier alpha value is -5.74. The summed E-state index contributed by atoms with van der Waals surface area (Å²) < 4.78 is 14.0. The molecule has 0 bridgehead atoms. The van der Waals surface area contributed by atoms with Gasteiger partial charge in [-0.05, 0) is 159 Å². The van der Waals surface area contributed by atoms with E-state index in [-0.39, 0.29) is 6.04 Å². The number of hydrogen-bond donors (Lipinski definition) is 0. The molecule has 0 saturated heterocycles. The highest BCUT2D eigenvalue weighted by atomic mass is 16.5. The summed E-state index contributed by atoms with van der Waals surface area (Å²) in [6.45, 7) is 0. The number of allylic oxidation sites excluding steroid dienone is 9. The number of nitrogens with zero attached hydrogens (tertiary/aromatic N) is 2. The number of benzene rings is 4. The minimum Gasteiger partial charge on any atom is -0.463 e. The summed E-state index contributed by atoms with van der Waals surface area (Å²) in [5, 5.41) is 5.59. The van der Waals surface area contributed by atoms with E-state index in [1.165, 1.54) is 140 Å². The Kier molecular flexibility index (Phi) is 9.54. The molecular formula is C62H62N2O2. The highest BCUT2D eigenvalue weighted by Crippen LogP contribution is 2.54. The Bertz CT molecular complexity index is 3120. The van der Waals surface area contributed by atoms with Crippen LogP contribution < -0.4 is 15.3 Å². The summed E-state index contributed by atoms with van der Waals surface area (Å²) in [7, 11) is 0. The van der Waals surface area contributed by atoms with Crippen LogP contribution in [0.1, 0.15) is 133 Å². The molecule has 1 aromatic heterocycles. The molecule has 2 fully saturated rings. The van der Waals surface area contributed by atoms with Crippen LogP contribution in [0.4, 0.5) is 11.4 Å². The average Bonchev–Trinajstić information content (AvgIpc) is 4.23. The van der Waals surface area contributed by atoms with Crippen molar-refractivity contribution in [2.45, 2.75) is 128 Å². The van der Waals surface area contributed by atoms with Gasteiger partial charge in [0.2, 0.25) is 0 Å². The van der Waals surface area contributed by atoms with Crippen LogP contribution in [0.25, 0.3) is 38.8 Å². The zero-order chi connectivity index (χ0) is 43.3. The first-order chi connectivity index (χ1) is 32.8. The van der Waals surface area contributed by atoms with Crippen molar-refractivity contribution in [2.24, 2.45) is 23.7 Å². The third kappa shape index (κ3) is 6.15. The van der Waals surface area contributed by atoms with Crippen LogP contribution in [0.2, 0.25) is 0 Å². The van der Waals surface area contributed by atoms with Gasteiger partial charge in [-0.25, -0.2) is 0 Å². The van der Waals surface area contributed by atoms with Crippen molar-refractivity contribution in [1.29, 1.82) is 0 Å². The maximum absolute atomic E-state index is 7.11. The summed E-state index contributed by atoms with van der Waals surface area (Å²) in [5.74, 6) is 5.12. The Balaban J connectivity index is 1.03. The van der Waals surface area contributed by atoms with E-state index in [0.717, 1.165) is 49.0 Å². The lowest BCUT2D eigenvalue weighted by molar-refractivity contribution is 0.255. The van der Waals surface area contributed by atoms with Gasteiger partial charge >= 0.3 is 0 Å². The second-order valence-electron chi connectivity index (χ2n) is 21.1. The standard InChI is InChI=1S/C62H62N2O2/c1-3-21-41(22-4-1)63(53-29-15-27-47-43-25-11-13-31-57(43)65-61(47)53)55-37-51(39-17-7-8-18-39)45-34-36-50-56(38-52(40-19-9-10-20-40)46-33-35-49(55)59(45)60(46)50)64(42-23-5-2-6-24-42)54-30-16-28-48-44-26-12-14-32-58(44)66-62(48)54/h1,3-4,11-13,15-16,21-23,25-27,29-31,33,35,37,39-40,45,48,51,56H,2,5-10,14,17-20,24,28,32,34,36,38H2/t45?,48-,51?,56?/m1/s1. The van der Waals surface area contributed by atoms with E-state index in [1.807, 2.05) is 0 Å². The molecule has 332 valence electrons. The lowest BCUT2D eigenvalue weighted by Gasteiger charge is -2.47. The smallest absolute Gasteiger partial charge is 0.159 e. The number of fused-ring (bicyclic) bond motifs is 5. The van der Waals surface area contributed by atoms with Crippen LogP contribution in [0.15, 0.2) is 154 Å². The van der Waals surface area contributed by atoms with E-state index in [2.05, 4.69) is 131 Å². The van der Waals surface area contributed by atoms with Crippen molar-refractivity contribution in [3.8, 4) is 0 Å². The first-order valence-corrected chi connectivity index (χ1v) is 26.1. The number of ether oxygens (including phenoxy) is 1. The molecule has 14 rings (SSSR count). The molecule has 9 aliphatic rings. The quantitative estimate of drug-likeness (QED) is 0.155. The summed E-state index contributed by atoms with van der Waals surface area (Å²) >= 11 is 0. The van der Waals surface area contributed by atoms with Gasteiger partial charge in [-0.1, -0.05) is 122 Å². The topological polar surface area (TPSA) is 28.9 Å². The number of para-hydroxylation sites is 3. The molecule has 4 atom stereocenters. The lowest BCUT2D eigenvalue weighted by atomic mass is 9.64. The third-order valence-corrected chi connectivity index (χ3v) is 17.7. The van der Waals surface area contributed by atoms with E-state index in [1.54, 1.807) is 27.1 Å². The highest BCUT2D eigenvalue weighted by molar-refractivity contribution is 6.11. The largest absolute Gasteiger partial charge is 0.463 e. The summed E-state index contributed by atoms with van der Waals surface area (Å²) in [4.78, 5) is 5.50. The SMILES string of the molecule is C1=CC2=C(CC1)OC1=C(N(C3=CCCCC3)C3CC(C4CCCC4)=c4ccc5c6c4=C3CCC6C(C3CCCC3)C=C5N(c3ccccc3)c3cccc4c3oc3ccccc34)C=CC[C@H]21. The van der Waals surface area contributed by atoms with E-state index in [9.17, 15) is 0 Å². The Morgan fingerprint density at radius 3 is 2.39 bits per heavy atom. The fourth-order valence-corrected chi connectivity index (χ4v) is 14.8. The zero-order valence-corrected chi connectivity index (χ0v) is 38.4. The van der Waals surface area contributed by atoms with Gasteiger partial charge in [-0.15, -0.1) is 0 Å². The van der Waals surface area contributed by atoms with Gasteiger partial charge in [-0.3, -0.25) is 0 Å². The molecule has 1 aliphatic heterocycles. The Morgan fingerprint density at radius 2 is 1.52 bits per heavy atom. The predicted octanol–water partition coefficient (Wildman–Crippen LogP) is 14.9. The van der Waals surface area contributed by atoms with Gasteiger partial charge in [0.1, 0.15) is 17.1 Å². The molecule has 2 heterocycles. The Morgan fingerprint density at radius 1 is 0.667 bits per heavy atom. The van der Waals surface area contributed by atoms with E-state index in [0.29, 0.717) is 29.6 Å². The fourth-order valence-electron chi connectivity index (χ4n) is 14.8. The van der Waals surface area contributed by atoms with Gasteiger partial charge in [0.05, 0.1) is 29.0 Å². The maximum atomic E-state index is 7.11. The molecule has 8 aliphatic carbocycles. The fraction of sp³-hybridized carbons (Fsp3) is 0.387. The number of hydrogen-bond acceptors (Lipinski definition) is 4. The monoisotopic (exact) mass is 866 g/mol. The van der Waals surface area contributed by atoms with Gasteiger partial charge in [-0.2, -0.15) is 0 Å². The molecule has 3 unspecified atom stereocenters. The molecule has 0 spiro atoms. The minimum atomic E-state index is 0.279. The summed E-state index contributed by atoms with van der Waals surface area (Å²) in [6.07, 6.45) is 37.3. The summed E-state index contributed by atoms with van der Waals surface area (Å²) in [6, 6.07) is 32.1. The minimum absolute atomic E-state index is 0.279. The molecule has 4 nitrogen and oxygen atoms in total. The molecule has 4 heteroatoms.